The summed E-state index contributed by atoms with van der Waals surface area (Å²) in [5.74, 6) is 0. The zero-order valence-electron chi connectivity index (χ0n) is 10.6. The molecule has 0 aliphatic heterocycles. The molecule has 0 heterocycles. The van der Waals surface area contributed by atoms with Crippen LogP contribution in [0, 0.1) is 0 Å². The maximum absolute atomic E-state index is 12.1. The van der Waals surface area contributed by atoms with E-state index in [1.807, 2.05) is 0 Å². The van der Waals surface area contributed by atoms with Gasteiger partial charge in [-0.05, 0) is 6.42 Å². The smallest absolute Gasteiger partial charge is 0.368 e. The third-order valence-corrected chi connectivity index (χ3v) is 8.09. The number of aliphatic hydroxyl groups is 1. The fraction of sp³-hybridized carbons (Fsp3) is 1.00. The summed E-state index contributed by atoms with van der Waals surface area (Å²) < 4.78 is 42.9. The first-order valence-corrected chi connectivity index (χ1v) is 7.55. The molecule has 0 spiro atoms. The first kappa shape index (κ1) is 19.7. The number of hydrogen-bond donors (Lipinski definition) is 1. The van der Waals surface area contributed by atoms with Gasteiger partial charge in [0, 0.05) is 36.9 Å². The van der Waals surface area contributed by atoms with Crippen LogP contribution in [0.15, 0.2) is 0 Å². The predicted molar refractivity (Wildman–Crippen MR) is 64.2 cm³/mol. The Morgan fingerprint density at radius 3 is 1.29 bits per heavy atom. The van der Waals surface area contributed by atoms with Crippen molar-refractivity contribution in [2.24, 2.45) is 0 Å². The maximum atomic E-state index is 12.1. The monoisotopic (exact) mass is 287 g/mol. The van der Waals surface area contributed by atoms with Gasteiger partial charge >= 0.3 is 15.2 Å². The molecule has 10 heteroatoms. The van der Waals surface area contributed by atoms with Crippen molar-refractivity contribution in [1.29, 1.82) is 0 Å². The van der Waals surface area contributed by atoms with E-state index in [9.17, 15) is 14.2 Å². The predicted octanol–water partition coefficient (Wildman–Crippen LogP) is 1.63. The Labute approximate surface area is 103 Å². The lowest BCUT2D eigenvalue weighted by atomic mass is 10.5. The highest BCUT2D eigenvalue weighted by Crippen LogP contribution is 2.76. The summed E-state index contributed by atoms with van der Waals surface area (Å²) in [6.45, 7) is 1.47. The van der Waals surface area contributed by atoms with Crippen molar-refractivity contribution >= 4 is 23.6 Å². The normalized spacial score (nSPS) is 13.3. The average molecular weight is 287 g/mol. The minimum Gasteiger partial charge on any atom is -0.368 e. The van der Waals surface area contributed by atoms with E-state index >= 15 is 0 Å². The van der Waals surface area contributed by atoms with Crippen LogP contribution >= 0.6 is 15.2 Å². The SMILES string of the molecule is CCC(O)(P(=O)(OC)OC)P(=O)(OC)OC.[B]. The molecule has 0 saturated heterocycles. The summed E-state index contributed by atoms with van der Waals surface area (Å²) in [6.07, 6.45) is -0.176. The summed E-state index contributed by atoms with van der Waals surface area (Å²) in [7, 11) is -3.70. The quantitative estimate of drug-likeness (QED) is 0.562. The first-order valence-electron chi connectivity index (χ1n) is 4.46. The van der Waals surface area contributed by atoms with E-state index in [0.717, 1.165) is 28.4 Å². The standard InChI is InChI=1S/C7H18O7P2.B/c1-6-7(8,15(9,11-2)12-3)16(10,13-4)14-5;/h8H,6H2,1-5H3;. The highest BCUT2D eigenvalue weighted by Gasteiger charge is 2.62. The van der Waals surface area contributed by atoms with Crippen LogP contribution in [0.25, 0.3) is 0 Å². The van der Waals surface area contributed by atoms with Crippen molar-refractivity contribution < 1.29 is 32.3 Å². The maximum Gasteiger partial charge on any atom is 0.374 e. The van der Waals surface area contributed by atoms with Crippen LogP contribution in [0.2, 0.25) is 0 Å². The number of hydrogen-bond acceptors (Lipinski definition) is 7. The summed E-state index contributed by atoms with van der Waals surface area (Å²) in [5.41, 5.74) is 0. The van der Waals surface area contributed by atoms with Gasteiger partial charge in [-0.25, -0.2) is 0 Å². The molecule has 3 radical (unpaired) electrons. The van der Waals surface area contributed by atoms with Gasteiger partial charge in [0.15, 0.2) is 0 Å². The van der Waals surface area contributed by atoms with E-state index in [1.54, 1.807) is 0 Å². The van der Waals surface area contributed by atoms with Crippen LogP contribution in [-0.2, 0) is 27.2 Å². The minimum absolute atomic E-state index is 0. The van der Waals surface area contributed by atoms with Crippen molar-refractivity contribution in [2.45, 2.75) is 18.4 Å². The van der Waals surface area contributed by atoms with Gasteiger partial charge in [0.25, 0.3) is 5.08 Å². The lowest BCUT2D eigenvalue weighted by molar-refractivity contribution is 0.101. The third kappa shape index (κ3) is 3.02. The third-order valence-electron chi connectivity index (χ3n) is 2.31. The van der Waals surface area contributed by atoms with Gasteiger partial charge < -0.3 is 23.2 Å². The minimum atomic E-state index is -4.02. The molecule has 1 N–H and O–H groups in total. The molecule has 0 aliphatic carbocycles. The summed E-state index contributed by atoms with van der Waals surface area (Å²) in [6, 6.07) is 0. The zero-order valence-corrected chi connectivity index (χ0v) is 12.4. The van der Waals surface area contributed by atoms with Crippen molar-refractivity contribution in [3.8, 4) is 0 Å². The van der Waals surface area contributed by atoms with E-state index in [-0.39, 0.29) is 14.8 Å². The molecule has 0 amide bonds. The van der Waals surface area contributed by atoms with Gasteiger partial charge in [-0.15, -0.1) is 0 Å². The highest BCUT2D eigenvalue weighted by atomic mass is 31.2. The van der Waals surface area contributed by atoms with E-state index in [0.29, 0.717) is 0 Å². The zero-order chi connectivity index (χ0) is 13.0. The fourth-order valence-corrected chi connectivity index (χ4v) is 5.69. The van der Waals surface area contributed by atoms with Crippen LogP contribution in [0.3, 0.4) is 0 Å². The Morgan fingerprint density at radius 1 is 0.941 bits per heavy atom. The second-order valence-corrected chi connectivity index (χ2v) is 8.14. The Kier molecular flexibility index (Phi) is 8.15. The lowest BCUT2D eigenvalue weighted by Crippen LogP contribution is -2.30. The van der Waals surface area contributed by atoms with Gasteiger partial charge in [0.2, 0.25) is 0 Å². The molecule has 0 bridgehead atoms. The molecule has 17 heavy (non-hydrogen) atoms. The second-order valence-electron chi connectivity index (χ2n) is 2.85. The molecule has 0 aromatic heterocycles. The molecule has 0 rings (SSSR count). The molecule has 0 aliphatic rings. The Balaban J connectivity index is 0. The van der Waals surface area contributed by atoms with Gasteiger partial charge in [-0.1, -0.05) is 6.92 Å². The second kappa shape index (κ2) is 7.05. The molecule has 101 valence electrons. The molecule has 0 saturated carbocycles. The van der Waals surface area contributed by atoms with Gasteiger partial charge in [0.1, 0.15) is 0 Å². The molecule has 0 aromatic rings. The van der Waals surface area contributed by atoms with Crippen molar-refractivity contribution in [1.82, 2.24) is 0 Å². The van der Waals surface area contributed by atoms with Gasteiger partial charge in [-0.3, -0.25) is 9.13 Å². The van der Waals surface area contributed by atoms with E-state index < -0.39 is 20.3 Å². The largest absolute Gasteiger partial charge is 0.374 e. The fourth-order valence-electron chi connectivity index (χ4n) is 1.27. The van der Waals surface area contributed by atoms with Gasteiger partial charge in [-0.2, -0.15) is 0 Å². The topological polar surface area (TPSA) is 91.3 Å². The van der Waals surface area contributed by atoms with Gasteiger partial charge in [0.05, 0.1) is 0 Å². The van der Waals surface area contributed by atoms with Crippen LogP contribution in [0.4, 0.5) is 0 Å². The molecule has 0 atom stereocenters. The summed E-state index contributed by atoms with van der Waals surface area (Å²) >= 11 is 0. The van der Waals surface area contributed by atoms with Crippen molar-refractivity contribution in [2.75, 3.05) is 28.4 Å². The van der Waals surface area contributed by atoms with E-state index in [4.69, 9.17) is 0 Å². The van der Waals surface area contributed by atoms with Crippen LogP contribution in [0.5, 0.6) is 0 Å². The molecule has 0 fully saturated rings. The Bertz CT molecular complexity index is 279. The first-order chi connectivity index (χ1) is 7.30. The highest BCUT2D eigenvalue weighted by molar-refractivity contribution is 7.73. The summed E-state index contributed by atoms with van der Waals surface area (Å²) in [5, 5.41) is 7.91. The van der Waals surface area contributed by atoms with Crippen LogP contribution in [-0.4, -0.2) is 47.0 Å². The van der Waals surface area contributed by atoms with Crippen molar-refractivity contribution in [3.05, 3.63) is 0 Å². The van der Waals surface area contributed by atoms with Crippen molar-refractivity contribution in [3.63, 3.8) is 0 Å². The van der Waals surface area contributed by atoms with E-state index in [1.165, 1.54) is 6.92 Å². The molecular formula is C7H18BO7P2. The lowest BCUT2D eigenvalue weighted by Gasteiger charge is -2.35. The van der Waals surface area contributed by atoms with Crippen LogP contribution in [0.1, 0.15) is 13.3 Å². The van der Waals surface area contributed by atoms with Crippen LogP contribution < -0.4 is 0 Å². The Morgan fingerprint density at radius 2 is 1.18 bits per heavy atom. The molecule has 0 unspecified atom stereocenters. The summed E-state index contributed by atoms with van der Waals surface area (Å²) in [4.78, 5) is 0. The molecule has 0 aromatic carbocycles. The average Bonchev–Trinajstić information content (AvgIpc) is 2.35. The van der Waals surface area contributed by atoms with E-state index in [2.05, 4.69) is 18.1 Å². The molecule has 7 nitrogen and oxygen atoms in total. The Hall–Kier alpha value is 0.325. The number of rotatable bonds is 7. The molecular weight excluding hydrogens is 269 g/mol.